The first kappa shape index (κ1) is 16.9. The molecular weight excluding hydrogens is 330 g/mol. The molecule has 0 aliphatic carbocycles. The second kappa shape index (κ2) is 6.90. The minimum absolute atomic E-state index is 0.0923. The van der Waals surface area contributed by atoms with Crippen molar-refractivity contribution in [3.8, 4) is 5.75 Å². The number of methoxy groups -OCH3 is 2. The highest BCUT2D eigenvalue weighted by Gasteiger charge is 2.33. The zero-order valence-electron chi connectivity index (χ0n) is 13.8. The minimum atomic E-state index is -2.98. The lowest BCUT2D eigenvalue weighted by Crippen LogP contribution is -2.39. The monoisotopic (exact) mass is 351 g/mol. The Morgan fingerprint density at radius 3 is 2.79 bits per heavy atom. The SMILES string of the molecule is COCCN(c1ncnc2cc(OC)ccc12)C1CCS(=O)(=O)C1. The number of nitrogens with zero attached hydrogens (tertiary/aromatic N) is 3. The molecule has 1 saturated heterocycles. The second-order valence-corrected chi connectivity index (χ2v) is 8.05. The van der Waals surface area contributed by atoms with Gasteiger partial charge in [-0.3, -0.25) is 0 Å². The molecule has 0 bridgehead atoms. The Bertz CT molecular complexity index is 825. The number of aromatic nitrogens is 2. The van der Waals surface area contributed by atoms with Crippen LogP contribution in [0.5, 0.6) is 5.75 Å². The Labute approximate surface area is 141 Å². The summed E-state index contributed by atoms with van der Waals surface area (Å²) in [5.74, 6) is 1.83. The first-order chi connectivity index (χ1) is 11.5. The van der Waals surface area contributed by atoms with Crippen LogP contribution in [0, 0.1) is 0 Å². The van der Waals surface area contributed by atoms with Crippen molar-refractivity contribution >= 4 is 26.6 Å². The quantitative estimate of drug-likeness (QED) is 0.775. The number of ether oxygens (including phenoxy) is 2. The molecule has 0 saturated carbocycles. The van der Waals surface area contributed by atoms with Crippen molar-refractivity contribution in [2.24, 2.45) is 0 Å². The van der Waals surface area contributed by atoms with Crippen LogP contribution in [0.15, 0.2) is 24.5 Å². The van der Waals surface area contributed by atoms with Gasteiger partial charge in [-0.25, -0.2) is 18.4 Å². The van der Waals surface area contributed by atoms with Gasteiger partial charge in [-0.05, 0) is 18.6 Å². The van der Waals surface area contributed by atoms with E-state index in [0.717, 1.165) is 22.5 Å². The highest BCUT2D eigenvalue weighted by molar-refractivity contribution is 7.91. The predicted molar refractivity (Wildman–Crippen MR) is 92.4 cm³/mol. The average molecular weight is 351 g/mol. The fraction of sp³-hybridized carbons (Fsp3) is 0.500. The number of fused-ring (bicyclic) bond motifs is 1. The lowest BCUT2D eigenvalue weighted by atomic mass is 10.1. The molecule has 1 atom stereocenters. The van der Waals surface area contributed by atoms with Crippen LogP contribution in [0.2, 0.25) is 0 Å². The fourth-order valence-electron chi connectivity index (χ4n) is 3.05. The Kier molecular flexibility index (Phi) is 4.86. The van der Waals surface area contributed by atoms with Crippen LogP contribution < -0.4 is 9.64 Å². The van der Waals surface area contributed by atoms with Crippen molar-refractivity contribution < 1.29 is 17.9 Å². The van der Waals surface area contributed by atoms with E-state index in [9.17, 15) is 8.42 Å². The van der Waals surface area contributed by atoms with Gasteiger partial charge in [-0.2, -0.15) is 0 Å². The lowest BCUT2D eigenvalue weighted by Gasteiger charge is -2.29. The molecule has 1 fully saturated rings. The van der Waals surface area contributed by atoms with Gasteiger partial charge in [0.05, 0.1) is 30.7 Å². The Morgan fingerprint density at radius 2 is 2.12 bits per heavy atom. The third-order valence-electron chi connectivity index (χ3n) is 4.28. The van der Waals surface area contributed by atoms with Crippen LogP contribution in [-0.2, 0) is 14.6 Å². The standard InChI is InChI=1S/C16H21N3O4S/c1-22-7-6-19(12-5-8-24(20,21)10-12)16-14-4-3-13(23-2)9-15(14)17-11-18-16/h3-4,9,11-12H,5-8,10H2,1-2H3. The molecule has 2 heterocycles. The highest BCUT2D eigenvalue weighted by Crippen LogP contribution is 2.30. The summed E-state index contributed by atoms with van der Waals surface area (Å²) in [6, 6.07) is 5.52. The predicted octanol–water partition coefficient (Wildman–Crippen LogP) is 1.28. The molecule has 1 aromatic carbocycles. The van der Waals surface area contributed by atoms with Crippen LogP contribution in [-0.4, -0.2) is 63.3 Å². The van der Waals surface area contributed by atoms with E-state index in [1.165, 1.54) is 6.33 Å². The second-order valence-electron chi connectivity index (χ2n) is 5.82. The summed E-state index contributed by atoms with van der Waals surface area (Å²) >= 11 is 0. The maximum Gasteiger partial charge on any atom is 0.152 e. The van der Waals surface area contributed by atoms with Gasteiger partial charge in [0.2, 0.25) is 0 Å². The lowest BCUT2D eigenvalue weighted by molar-refractivity contribution is 0.203. The third kappa shape index (κ3) is 3.44. The van der Waals surface area contributed by atoms with Crippen LogP contribution >= 0.6 is 0 Å². The molecule has 0 amide bonds. The highest BCUT2D eigenvalue weighted by atomic mass is 32.2. The van der Waals surface area contributed by atoms with Gasteiger partial charge < -0.3 is 14.4 Å². The first-order valence-corrected chi connectivity index (χ1v) is 9.61. The molecule has 0 spiro atoms. The van der Waals surface area contributed by atoms with Gasteiger partial charge in [0.15, 0.2) is 9.84 Å². The molecule has 1 aliphatic rings. The van der Waals surface area contributed by atoms with E-state index < -0.39 is 9.84 Å². The van der Waals surface area contributed by atoms with Gasteiger partial charge in [0.1, 0.15) is 17.9 Å². The summed E-state index contributed by atoms with van der Waals surface area (Å²) in [7, 11) is 0.257. The first-order valence-electron chi connectivity index (χ1n) is 7.79. The molecule has 130 valence electrons. The van der Waals surface area contributed by atoms with Crippen LogP contribution in [0.25, 0.3) is 10.9 Å². The summed E-state index contributed by atoms with van der Waals surface area (Å²) in [5.41, 5.74) is 0.766. The van der Waals surface area contributed by atoms with Crippen molar-refractivity contribution in [3.63, 3.8) is 0 Å². The molecule has 1 aliphatic heterocycles. The number of anilines is 1. The Morgan fingerprint density at radius 1 is 1.29 bits per heavy atom. The van der Waals surface area contributed by atoms with Crippen molar-refractivity contribution in [2.45, 2.75) is 12.5 Å². The zero-order valence-corrected chi connectivity index (χ0v) is 14.6. The summed E-state index contributed by atoms with van der Waals surface area (Å²) < 4.78 is 34.2. The van der Waals surface area contributed by atoms with Crippen LogP contribution in [0.1, 0.15) is 6.42 Å². The number of benzene rings is 1. The largest absolute Gasteiger partial charge is 0.497 e. The van der Waals surface area contributed by atoms with Crippen molar-refractivity contribution in [2.75, 3.05) is 43.8 Å². The number of rotatable bonds is 6. The molecule has 0 N–H and O–H groups in total. The number of sulfone groups is 1. The molecule has 0 radical (unpaired) electrons. The molecule has 1 aromatic heterocycles. The molecule has 2 aromatic rings. The smallest absolute Gasteiger partial charge is 0.152 e. The van der Waals surface area contributed by atoms with Gasteiger partial charge in [0, 0.05) is 31.1 Å². The fourth-order valence-corrected chi connectivity index (χ4v) is 4.78. The van der Waals surface area contributed by atoms with Gasteiger partial charge in [0.25, 0.3) is 0 Å². The molecule has 7 nitrogen and oxygen atoms in total. The third-order valence-corrected chi connectivity index (χ3v) is 6.03. The van der Waals surface area contributed by atoms with E-state index in [1.807, 2.05) is 23.1 Å². The van der Waals surface area contributed by atoms with Crippen molar-refractivity contribution in [3.05, 3.63) is 24.5 Å². The summed E-state index contributed by atoms with van der Waals surface area (Å²) in [6.07, 6.45) is 2.11. The Hall–Kier alpha value is -1.93. The van der Waals surface area contributed by atoms with E-state index in [0.29, 0.717) is 19.6 Å². The van der Waals surface area contributed by atoms with E-state index in [1.54, 1.807) is 14.2 Å². The molecular formula is C16H21N3O4S. The summed E-state index contributed by atoms with van der Waals surface area (Å²) in [4.78, 5) is 10.8. The molecule has 8 heteroatoms. The summed E-state index contributed by atoms with van der Waals surface area (Å²) in [5, 5.41) is 0.874. The zero-order chi connectivity index (χ0) is 17.2. The van der Waals surface area contributed by atoms with Gasteiger partial charge in [-0.15, -0.1) is 0 Å². The number of hydrogen-bond donors (Lipinski definition) is 0. The van der Waals surface area contributed by atoms with Gasteiger partial charge in [-0.1, -0.05) is 0 Å². The topological polar surface area (TPSA) is 81.6 Å². The average Bonchev–Trinajstić information content (AvgIpc) is 2.94. The van der Waals surface area contributed by atoms with Crippen molar-refractivity contribution in [1.82, 2.24) is 9.97 Å². The van der Waals surface area contributed by atoms with Crippen molar-refractivity contribution in [1.29, 1.82) is 0 Å². The summed E-state index contributed by atoms with van der Waals surface area (Å²) in [6.45, 7) is 1.08. The van der Waals surface area contributed by atoms with E-state index in [4.69, 9.17) is 9.47 Å². The minimum Gasteiger partial charge on any atom is -0.497 e. The molecule has 24 heavy (non-hydrogen) atoms. The molecule has 1 unspecified atom stereocenters. The van der Waals surface area contributed by atoms with Gasteiger partial charge >= 0.3 is 0 Å². The maximum atomic E-state index is 11.9. The van der Waals surface area contributed by atoms with E-state index >= 15 is 0 Å². The van der Waals surface area contributed by atoms with Crippen LogP contribution in [0.4, 0.5) is 5.82 Å². The maximum absolute atomic E-state index is 11.9. The van der Waals surface area contributed by atoms with E-state index in [2.05, 4.69) is 9.97 Å². The number of hydrogen-bond acceptors (Lipinski definition) is 7. The van der Waals surface area contributed by atoms with E-state index in [-0.39, 0.29) is 17.5 Å². The Balaban J connectivity index is 2.02. The normalized spacial score (nSPS) is 19.5. The molecule has 3 rings (SSSR count). The van der Waals surface area contributed by atoms with Crippen LogP contribution in [0.3, 0.4) is 0 Å².